The molecule has 0 amide bonds. The molecule has 7 aromatic heterocycles. The molecule has 0 unspecified atom stereocenters. The number of benzene rings is 9. The average molecular weight is 2140 g/mol. The standard InChI is InChI=1S/C23H26NSi2.C20H18NO2SSi.C20H18NOSi.3C12H10N.3Ir/c1-16-14-20(24-15-22(16)25(2,3)4)19-12-9-11-18-17-10-7-8-13-21(17)26(5,6)23(18)19;1-25(2,3)15-9-11-18(21-13-15)14-8-10-17-16-6-4-5-7-19(16)24(22,23)20(17)12-14;1-23(2,3)15-9-11-18(21-13-15)14-8-10-17-16-6-4-5-7-19(16)22-20(17)12-14;2*1-10-6-5-9-12(13-10)11-7-3-2-4-8-11;1-10-7-8-12(13-9-10)11-5-3-2-4-6-11;;;/h7-11,13-15H,1-6H3;4-7,9-13H,1-3H3;4-7,9-13H,1-3H3;2*2-7,9H,1H3;2-5,7-9H,1H3;;;/q6*-1;;;/i;;;3*1D3;;;. The minimum Gasteiger partial charge on any atom is -0.476 e. The van der Waals surface area contributed by atoms with Crippen LogP contribution in [0.25, 0.3) is 112 Å². The first-order valence-corrected chi connectivity index (χ1v) is 52.3. The van der Waals surface area contributed by atoms with Gasteiger partial charge in [0.15, 0.2) is 9.84 Å². The Bertz CT molecular complexity index is 6450. The number of aryl methyl sites for hydroxylation is 4. The Kier molecular flexibility index (Phi) is 25.2. The van der Waals surface area contributed by atoms with Crippen LogP contribution in [0.3, 0.4) is 0 Å². The summed E-state index contributed by atoms with van der Waals surface area (Å²) in [5, 5.41) is 9.35. The number of fused-ring (bicyclic) bond motifs is 9. The number of nitrogens with zero attached hydrogens (tertiary/aromatic N) is 6. The van der Waals surface area contributed by atoms with Crippen molar-refractivity contribution in [3.05, 3.63) is 345 Å². The Labute approximate surface area is 742 Å². The van der Waals surface area contributed by atoms with E-state index in [2.05, 4.69) is 213 Å². The molecular formula is C99H92Ir3N6O3SSi4-6. The molecule has 16 aromatic rings. The molecule has 3 radical (unpaired) electrons. The van der Waals surface area contributed by atoms with Gasteiger partial charge in [0.1, 0.15) is 5.58 Å². The van der Waals surface area contributed by atoms with E-state index in [1.54, 1.807) is 78.9 Å². The molecule has 0 N–H and O–H groups in total. The molecule has 116 heavy (non-hydrogen) atoms. The van der Waals surface area contributed by atoms with Crippen LogP contribution in [0.5, 0.6) is 0 Å². The maximum absolute atomic E-state index is 12.8. The first kappa shape index (κ1) is 76.4. The van der Waals surface area contributed by atoms with Crippen LogP contribution >= 0.6 is 0 Å². The molecule has 17 heteroatoms. The molecule has 0 saturated heterocycles. The second-order valence-electron chi connectivity index (χ2n) is 31.2. The van der Waals surface area contributed by atoms with Gasteiger partial charge in [-0.25, -0.2) is 8.42 Å². The third kappa shape index (κ3) is 20.7. The Morgan fingerprint density at radius 3 is 1.44 bits per heavy atom. The fraction of sp³-hybridized carbons (Fsp3) is 0.152. The molecule has 9 heterocycles. The third-order valence-electron chi connectivity index (χ3n) is 19.7. The zero-order valence-electron chi connectivity index (χ0n) is 75.5. The molecule has 0 atom stereocenters. The maximum Gasteiger partial charge on any atom is 0.189 e. The fourth-order valence-electron chi connectivity index (χ4n) is 13.7. The molecule has 2 aliphatic heterocycles. The smallest absolute Gasteiger partial charge is 0.189 e. The minimum absolute atomic E-state index is 0. The van der Waals surface area contributed by atoms with Crippen LogP contribution in [-0.4, -0.2) is 70.6 Å². The number of pyridine rings is 6. The van der Waals surface area contributed by atoms with Gasteiger partial charge in [0, 0.05) is 109 Å². The average Bonchev–Trinajstić information content (AvgIpc) is 1.57. The molecular weight excluding hydrogens is 2040 g/mol. The van der Waals surface area contributed by atoms with Crippen molar-refractivity contribution in [1.82, 2.24) is 29.9 Å². The van der Waals surface area contributed by atoms with Gasteiger partial charge in [-0.05, 0) is 128 Å². The van der Waals surface area contributed by atoms with Crippen molar-refractivity contribution >= 4 is 90.0 Å². The van der Waals surface area contributed by atoms with E-state index in [1.807, 2.05) is 116 Å². The van der Waals surface area contributed by atoms with Gasteiger partial charge in [-0.3, -0.25) is 0 Å². The zero-order chi connectivity index (χ0) is 87.3. The van der Waals surface area contributed by atoms with Crippen molar-refractivity contribution in [2.75, 3.05) is 0 Å². The summed E-state index contributed by atoms with van der Waals surface area (Å²) in [4.78, 5) is 27.2. The largest absolute Gasteiger partial charge is 0.476 e. The van der Waals surface area contributed by atoms with E-state index >= 15 is 0 Å². The molecule has 0 bridgehead atoms. The second-order valence-corrected chi connectivity index (χ2v) is 52.6. The van der Waals surface area contributed by atoms with Gasteiger partial charge in [-0.2, -0.15) is 0 Å². The van der Waals surface area contributed by atoms with Gasteiger partial charge in [0.05, 0.1) is 42.8 Å². The van der Waals surface area contributed by atoms with Gasteiger partial charge in [0.25, 0.3) is 0 Å². The van der Waals surface area contributed by atoms with E-state index in [9.17, 15) is 8.42 Å². The first-order valence-electron chi connectivity index (χ1n) is 41.9. The van der Waals surface area contributed by atoms with Gasteiger partial charge in [0.2, 0.25) is 0 Å². The van der Waals surface area contributed by atoms with E-state index in [0.717, 1.165) is 78.1 Å². The van der Waals surface area contributed by atoms with E-state index in [4.69, 9.17) is 21.7 Å². The van der Waals surface area contributed by atoms with Crippen LogP contribution in [0.2, 0.25) is 72.0 Å². The number of rotatable bonds is 9. The van der Waals surface area contributed by atoms with E-state index in [1.165, 1.54) is 66.5 Å². The summed E-state index contributed by atoms with van der Waals surface area (Å²) >= 11 is 0. The molecule has 18 rings (SSSR count). The Balaban J connectivity index is 0.000000158. The molecule has 9 aromatic carbocycles. The van der Waals surface area contributed by atoms with Crippen molar-refractivity contribution in [1.29, 1.82) is 0 Å². The van der Waals surface area contributed by atoms with Crippen LogP contribution in [0.15, 0.2) is 300 Å². The van der Waals surface area contributed by atoms with Crippen LogP contribution in [0.4, 0.5) is 0 Å². The summed E-state index contributed by atoms with van der Waals surface area (Å²) in [5.74, 6) is 0. The second kappa shape index (κ2) is 38.2. The van der Waals surface area contributed by atoms with Crippen molar-refractivity contribution in [2.45, 2.75) is 109 Å². The molecule has 2 aliphatic rings. The molecule has 9 nitrogen and oxygen atoms in total. The van der Waals surface area contributed by atoms with Crippen molar-refractivity contribution in [3.63, 3.8) is 0 Å². The van der Waals surface area contributed by atoms with Crippen LogP contribution in [-0.2, 0) is 70.2 Å². The predicted octanol–water partition coefficient (Wildman–Crippen LogP) is 21.7. The van der Waals surface area contributed by atoms with Crippen molar-refractivity contribution < 1.29 is 85.5 Å². The molecule has 0 aliphatic carbocycles. The number of sulfone groups is 1. The number of para-hydroxylation sites is 1. The van der Waals surface area contributed by atoms with E-state index in [0.29, 0.717) is 26.7 Å². The number of aromatic nitrogens is 6. The number of furan rings is 1. The topological polar surface area (TPSA) is 125 Å². The summed E-state index contributed by atoms with van der Waals surface area (Å²) in [5.41, 5.74) is 18.0. The number of hydrogen-bond acceptors (Lipinski definition) is 9. The van der Waals surface area contributed by atoms with Crippen molar-refractivity contribution in [3.8, 4) is 89.8 Å². The van der Waals surface area contributed by atoms with Gasteiger partial charge < -0.3 is 34.3 Å². The predicted molar refractivity (Wildman–Crippen MR) is 479 cm³/mol. The summed E-state index contributed by atoms with van der Waals surface area (Å²) in [6.45, 7) is 21.7. The van der Waals surface area contributed by atoms with Crippen LogP contribution < -0.4 is 25.9 Å². The maximum atomic E-state index is 12.8. The summed E-state index contributed by atoms with van der Waals surface area (Å²) in [6.07, 6.45) is 7.44. The monoisotopic (exact) mass is 2140 g/mol. The molecule has 0 saturated carbocycles. The van der Waals surface area contributed by atoms with Gasteiger partial charge in [-0.1, -0.05) is 233 Å². The normalized spacial score (nSPS) is 13.7. The van der Waals surface area contributed by atoms with Gasteiger partial charge >= 0.3 is 0 Å². The molecule has 591 valence electrons. The Morgan fingerprint density at radius 2 is 0.905 bits per heavy atom. The molecule has 0 spiro atoms. The summed E-state index contributed by atoms with van der Waals surface area (Å²) in [7, 11) is -9.30. The number of hydrogen-bond donors (Lipinski definition) is 0. The Morgan fingerprint density at radius 1 is 0.388 bits per heavy atom. The fourth-order valence-corrected chi connectivity index (χ4v) is 22.6. The van der Waals surface area contributed by atoms with E-state index < -0.39 is 62.7 Å². The summed E-state index contributed by atoms with van der Waals surface area (Å²) < 4.78 is 97.0. The van der Waals surface area contributed by atoms with Crippen LogP contribution in [0, 0.1) is 63.9 Å². The van der Waals surface area contributed by atoms with Crippen molar-refractivity contribution in [2.24, 2.45) is 0 Å². The van der Waals surface area contributed by atoms with Crippen LogP contribution in [0.1, 0.15) is 34.9 Å². The minimum atomic E-state index is -3.47. The first-order chi connectivity index (χ1) is 57.7. The Hall–Kier alpha value is -9.55. The molecule has 0 fully saturated rings. The van der Waals surface area contributed by atoms with Gasteiger partial charge in [-0.15, -0.1) is 178 Å². The third-order valence-corrected chi connectivity index (χ3v) is 31.3. The zero-order valence-corrected chi connectivity index (χ0v) is 78.5. The quantitative estimate of drug-likeness (QED) is 0.103. The summed E-state index contributed by atoms with van der Waals surface area (Å²) in [6, 6.07) is 101. The van der Waals surface area contributed by atoms with E-state index in [-0.39, 0.29) is 77.3 Å². The SMILES string of the molecule is C[Si](C)(C)c1ccc(-c2[c-]cc3c(c2)S(=O)(=O)c2ccccc2-3)nc1.C[Si](C)(C)c1ccc(-c2[c-]cc3c(c2)oc2ccccc23)nc1.Cc1cc(-c2[c-]ccc3c2[Si](C)(C)c2ccccc2-3)ncc1[Si](C)(C)C.[2H]C([2H])([2H])c1ccc(-c2[c-]cccc2)nc1.[2H]C([2H])([2H])c1cccc(-c2[c-]cccc2)n1.[2H]C([2H])([2H])c1cccc(-c2[c-]cccc2)n1.[Ir].[Ir].[Ir].